The average molecular weight is 333 g/mol. The zero-order valence-corrected chi connectivity index (χ0v) is 15.0. The molecule has 1 aliphatic carbocycles. The summed E-state index contributed by atoms with van der Waals surface area (Å²) in [5, 5.41) is 0.710. The van der Waals surface area contributed by atoms with Gasteiger partial charge >= 0.3 is 0 Å². The van der Waals surface area contributed by atoms with Crippen LogP contribution in [0.4, 0.5) is 5.69 Å². The molecule has 0 spiro atoms. The molecule has 1 aromatic carbocycles. The van der Waals surface area contributed by atoms with E-state index >= 15 is 0 Å². The molecule has 0 fully saturated rings. The fourth-order valence-corrected chi connectivity index (χ4v) is 3.86. The SMILES string of the molecule is CCn1cc(C)c(=O)c2cc(N(C)C3Cc4ccccc4C3)cnc21. The summed E-state index contributed by atoms with van der Waals surface area (Å²) in [5.41, 5.74) is 5.48. The quantitative estimate of drug-likeness (QED) is 0.738. The van der Waals surface area contributed by atoms with Crippen LogP contribution in [0.15, 0.2) is 47.5 Å². The molecule has 4 rings (SSSR count). The van der Waals surface area contributed by atoms with E-state index in [-0.39, 0.29) is 5.43 Å². The summed E-state index contributed by atoms with van der Waals surface area (Å²) in [7, 11) is 2.10. The predicted molar refractivity (Wildman–Crippen MR) is 102 cm³/mol. The Morgan fingerprint density at radius 1 is 1.24 bits per heavy atom. The Kier molecular flexibility index (Phi) is 3.83. The number of hydrogen-bond donors (Lipinski definition) is 0. The number of fused-ring (bicyclic) bond motifs is 2. The second kappa shape index (κ2) is 6.03. The fourth-order valence-electron chi connectivity index (χ4n) is 3.86. The van der Waals surface area contributed by atoms with Gasteiger partial charge in [0.1, 0.15) is 5.65 Å². The van der Waals surface area contributed by atoms with Crippen LogP contribution < -0.4 is 10.3 Å². The minimum atomic E-state index is 0.0807. The lowest BCUT2D eigenvalue weighted by Crippen LogP contribution is -2.32. The normalized spacial score (nSPS) is 14.0. The van der Waals surface area contributed by atoms with Crippen LogP contribution in [-0.2, 0) is 19.4 Å². The molecule has 128 valence electrons. The molecule has 0 saturated carbocycles. The summed E-state index contributed by atoms with van der Waals surface area (Å²) in [6.07, 6.45) is 5.87. The first-order valence-electron chi connectivity index (χ1n) is 8.88. The van der Waals surface area contributed by atoms with Crippen molar-refractivity contribution < 1.29 is 0 Å². The molecule has 25 heavy (non-hydrogen) atoms. The molecular weight excluding hydrogens is 310 g/mol. The van der Waals surface area contributed by atoms with E-state index in [0.29, 0.717) is 11.4 Å². The van der Waals surface area contributed by atoms with Gasteiger partial charge in [-0.1, -0.05) is 24.3 Å². The zero-order valence-electron chi connectivity index (χ0n) is 15.0. The van der Waals surface area contributed by atoms with Crippen LogP contribution in [0.2, 0.25) is 0 Å². The van der Waals surface area contributed by atoms with Gasteiger partial charge in [0.2, 0.25) is 0 Å². The number of benzene rings is 1. The van der Waals surface area contributed by atoms with E-state index in [1.165, 1.54) is 11.1 Å². The summed E-state index contributed by atoms with van der Waals surface area (Å²) in [4.78, 5) is 19.5. The molecule has 4 heteroatoms. The van der Waals surface area contributed by atoms with E-state index in [4.69, 9.17) is 0 Å². The molecular formula is C21H23N3O. The lowest BCUT2D eigenvalue weighted by Gasteiger charge is -2.26. The third-order valence-corrected chi connectivity index (χ3v) is 5.40. The Labute approximate surface area is 147 Å². The zero-order chi connectivity index (χ0) is 17.6. The monoisotopic (exact) mass is 333 g/mol. The van der Waals surface area contributed by atoms with Crippen LogP contribution in [0.25, 0.3) is 11.0 Å². The van der Waals surface area contributed by atoms with Crippen molar-refractivity contribution >= 4 is 16.7 Å². The van der Waals surface area contributed by atoms with Crippen molar-refractivity contribution in [2.24, 2.45) is 0 Å². The summed E-state index contributed by atoms with van der Waals surface area (Å²) in [6.45, 7) is 4.75. The molecule has 2 aromatic heterocycles. The highest BCUT2D eigenvalue weighted by molar-refractivity contribution is 5.79. The number of rotatable bonds is 3. The molecule has 0 atom stereocenters. The van der Waals surface area contributed by atoms with E-state index in [9.17, 15) is 4.79 Å². The minimum Gasteiger partial charge on any atom is -0.370 e. The van der Waals surface area contributed by atoms with Crippen LogP contribution in [0.1, 0.15) is 23.6 Å². The molecule has 0 radical (unpaired) electrons. The average Bonchev–Trinajstić information content (AvgIpc) is 3.08. The fraction of sp³-hybridized carbons (Fsp3) is 0.333. The van der Waals surface area contributed by atoms with Crippen LogP contribution in [0.3, 0.4) is 0 Å². The van der Waals surface area contributed by atoms with Gasteiger partial charge < -0.3 is 9.47 Å². The van der Waals surface area contributed by atoms with Gasteiger partial charge in [0.15, 0.2) is 5.43 Å². The first-order valence-corrected chi connectivity index (χ1v) is 8.88. The lowest BCUT2D eigenvalue weighted by atomic mass is 10.1. The lowest BCUT2D eigenvalue weighted by molar-refractivity contribution is 0.666. The van der Waals surface area contributed by atoms with Crippen molar-refractivity contribution in [2.45, 2.75) is 39.3 Å². The summed E-state index contributed by atoms with van der Waals surface area (Å²) < 4.78 is 2.04. The van der Waals surface area contributed by atoms with Gasteiger partial charge in [0.25, 0.3) is 0 Å². The number of aromatic nitrogens is 2. The third-order valence-electron chi connectivity index (χ3n) is 5.40. The van der Waals surface area contributed by atoms with Gasteiger partial charge in [0, 0.05) is 31.4 Å². The maximum atomic E-state index is 12.6. The Bertz CT molecular complexity index is 981. The van der Waals surface area contributed by atoms with Crippen molar-refractivity contribution in [3.63, 3.8) is 0 Å². The van der Waals surface area contributed by atoms with Gasteiger partial charge in [-0.15, -0.1) is 0 Å². The van der Waals surface area contributed by atoms with E-state index in [2.05, 4.69) is 48.1 Å². The summed E-state index contributed by atoms with van der Waals surface area (Å²) >= 11 is 0. The van der Waals surface area contributed by atoms with E-state index in [1.54, 1.807) is 0 Å². The first-order chi connectivity index (χ1) is 12.1. The van der Waals surface area contributed by atoms with Gasteiger partial charge in [-0.2, -0.15) is 0 Å². The molecule has 0 saturated heterocycles. The molecule has 0 N–H and O–H groups in total. The number of likely N-dealkylation sites (N-methyl/N-ethyl adjacent to an activating group) is 1. The largest absolute Gasteiger partial charge is 0.370 e. The smallest absolute Gasteiger partial charge is 0.193 e. The van der Waals surface area contributed by atoms with E-state index in [1.807, 2.05) is 30.0 Å². The highest BCUT2D eigenvalue weighted by Gasteiger charge is 2.25. The topological polar surface area (TPSA) is 38.1 Å². The van der Waals surface area contributed by atoms with Crippen LogP contribution in [0, 0.1) is 6.92 Å². The molecule has 0 bridgehead atoms. The molecule has 0 unspecified atom stereocenters. The van der Waals surface area contributed by atoms with Gasteiger partial charge in [-0.25, -0.2) is 4.98 Å². The molecule has 0 aliphatic heterocycles. The van der Waals surface area contributed by atoms with Gasteiger partial charge in [-0.05, 0) is 43.9 Å². The predicted octanol–water partition coefficient (Wildman–Crippen LogP) is 3.33. The number of aryl methyl sites for hydroxylation is 2. The Balaban J connectivity index is 1.73. The highest BCUT2D eigenvalue weighted by Crippen LogP contribution is 2.28. The van der Waals surface area contributed by atoms with Crippen molar-refractivity contribution in [3.8, 4) is 0 Å². The van der Waals surface area contributed by atoms with Crippen molar-refractivity contribution in [3.05, 3.63) is 69.6 Å². The van der Waals surface area contributed by atoms with Crippen LogP contribution in [0.5, 0.6) is 0 Å². The third kappa shape index (κ3) is 2.62. The van der Waals surface area contributed by atoms with Crippen molar-refractivity contribution in [1.82, 2.24) is 9.55 Å². The molecule has 1 aliphatic rings. The van der Waals surface area contributed by atoms with Crippen LogP contribution in [-0.4, -0.2) is 22.6 Å². The maximum Gasteiger partial charge on any atom is 0.193 e. The van der Waals surface area contributed by atoms with E-state index < -0.39 is 0 Å². The molecule has 2 heterocycles. The molecule has 4 nitrogen and oxygen atoms in total. The molecule has 3 aromatic rings. The van der Waals surface area contributed by atoms with Gasteiger partial charge in [-0.3, -0.25) is 4.79 Å². The van der Waals surface area contributed by atoms with Crippen molar-refractivity contribution in [2.75, 3.05) is 11.9 Å². The maximum absolute atomic E-state index is 12.6. The Morgan fingerprint density at radius 3 is 2.56 bits per heavy atom. The minimum absolute atomic E-state index is 0.0807. The van der Waals surface area contributed by atoms with Crippen LogP contribution >= 0.6 is 0 Å². The van der Waals surface area contributed by atoms with E-state index in [0.717, 1.165) is 36.3 Å². The first kappa shape index (κ1) is 15.9. The number of pyridine rings is 2. The number of hydrogen-bond acceptors (Lipinski definition) is 3. The Morgan fingerprint density at radius 2 is 1.92 bits per heavy atom. The Hall–Kier alpha value is -2.62. The second-order valence-corrected chi connectivity index (χ2v) is 6.93. The molecule has 0 amide bonds. The summed E-state index contributed by atoms with van der Waals surface area (Å²) in [5.74, 6) is 0. The summed E-state index contributed by atoms with van der Waals surface area (Å²) in [6, 6.07) is 11.1. The van der Waals surface area contributed by atoms with Crippen molar-refractivity contribution in [1.29, 1.82) is 0 Å². The highest BCUT2D eigenvalue weighted by atomic mass is 16.1. The second-order valence-electron chi connectivity index (χ2n) is 6.93. The number of anilines is 1. The number of nitrogens with zero attached hydrogens (tertiary/aromatic N) is 3. The van der Waals surface area contributed by atoms with Gasteiger partial charge in [0.05, 0.1) is 17.3 Å². The standard InChI is InChI=1S/C21H23N3O/c1-4-24-13-14(2)20(25)19-11-18(12-22-21(19)24)23(3)17-9-15-7-5-6-8-16(15)10-17/h5-8,11-13,17H,4,9-10H2,1-3H3.